The van der Waals surface area contributed by atoms with E-state index < -0.39 is 23.6 Å². The summed E-state index contributed by atoms with van der Waals surface area (Å²) < 4.78 is 5.00. The van der Waals surface area contributed by atoms with Crippen molar-refractivity contribution in [1.29, 1.82) is 0 Å². The summed E-state index contributed by atoms with van der Waals surface area (Å²) in [4.78, 5) is 22.7. The van der Waals surface area contributed by atoms with Crippen LogP contribution in [0.3, 0.4) is 0 Å². The monoisotopic (exact) mass is 317 g/mol. The summed E-state index contributed by atoms with van der Waals surface area (Å²) in [6, 6.07) is -0.762. The zero-order chi connectivity index (χ0) is 13.6. The van der Waals surface area contributed by atoms with E-state index in [1.54, 1.807) is 20.8 Å². The summed E-state index contributed by atoms with van der Waals surface area (Å²) >= 11 is 9.07. The van der Waals surface area contributed by atoms with Crippen LogP contribution in [0.1, 0.15) is 27.7 Å². The fourth-order valence-electron chi connectivity index (χ4n) is 0.771. The molecular formula is C9H16KN3O3S2. The number of thiocarbonyl (C=S) groups is 1. The summed E-state index contributed by atoms with van der Waals surface area (Å²) in [5, 5.41) is 2.37. The Kier molecular flexibility index (Phi) is 10.9. The van der Waals surface area contributed by atoms with E-state index in [-0.39, 0.29) is 55.7 Å². The van der Waals surface area contributed by atoms with Crippen LogP contribution < -0.4 is 67.6 Å². The molecule has 0 aromatic heterocycles. The Morgan fingerprint density at radius 1 is 1.28 bits per heavy atom. The standard InChI is InChI=1S/C9H17N3O3S2.K/c1-5(6(13)11-12-8(16)17)10-7(14)15-9(2,3)4;/h5H,1-4H3,(H,10,14)(H,11,13)(H2,12,16,17);/q;+1/p-1. The van der Waals surface area contributed by atoms with Crippen molar-refractivity contribution in [1.82, 2.24) is 16.2 Å². The number of carbonyl (C=O) groups excluding carboxylic acids is 2. The minimum atomic E-state index is -0.762. The molecule has 3 N–H and O–H groups in total. The SMILES string of the molecule is CC(NC(=O)OC(C)(C)C)C(=O)NNC(=S)[S-].[K+]. The molecular weight excluding hydrogens is 301 g/mol. The van der Waals surface area contributed by atoms with E-state index in [4.69, 9.17) is 4.74 Å². The van der Waals surface area contributed by atoms with E-state index in [1.165, 1.54) is 6.92 Å². The van der Waals surface area contributed by atoms with Gasteiger partial charge in [-0.1, -0.05) is 0 Å². The molecule has 6 nitrogen and oxygen atoms in total. The van der Waals surface area contributed by atoms with Gasteiger partial charge < -0.3 is 40.3 Å². The number of alkyl carbamates (subject to hydrolysis) is 1. The van der Waals surface area contributed by atoms with Crippen LogP contribution in [0, 0.1) is 0 Å². The van der Waals surface area contributed by atoms with Gasteiger partial charge in [0.25, 0.3) is 5.91 Å². The maximum Gasteiger partial charge on any atom is 1.00 e. The number of hydrogen-bond donors (Lipinski definition) is 3. The third-order valence-electron chi connectivity index (χ3n) is 1.41. The molecule has 0 saturated carbocycles. The third-order valence-corrected chi connectivity index (χ3v) is 1.62. The Bertz CT molecular complexity index is 321. The first-order valence-electron chi connectivity index (χ1n) is 4.88. The second kappa shape index (κ2) is 9.40. The predicted octanol–water partition coefficient (Wildman–Crippen LogP) is -2.64. The van der Waals surface area contributed by atoms with Crippen molar-refractivity contribution in [2.24, 2.45) is 0 Å². The van der Waals surface area contributed by atoms with Crippen molar-refractivity contribution in [2.75, 3.05) is 0 Å². The molecule has 98 valence electrons. The first-order chi connectivity index (χ1) is 7.61. The predicted molar refractivity (Wildman–Crippen MR) is 70.1 cm³/mol. The van der Waals surface area contributed by atoms with Gasteiger partial charge in [-0.2, -0.15) is 0 Å². The minimum Gasteiger partial charge on any atom is -0.444 e. The molecule has 2 amide bonds. The second-order valence-electron chi connectivity index (χ2n) is 4.27. The summed E-state index contributed by atoms with van der Waals surface area (Å²) in [6.07, 6.45) is -0.666. The number of carbonyl (C=O) groups is 2. The molecule has 0 aromatic carbocycles. The van der Waals surface area contributed by atoms with E-state index in [9.17, 15) is 9.59 Å². The molecule has 9 heteroatoms. The molecule has 18 heavy (non-hydrogen) atoms. The van der Waals surface area contributed by atoms with Crippen LogP contribution in [0.5, 0.6) is 0 Å². The summed E-state index contributed by atoms with van der Waals surface area (Å²) in [6.45, 7) is 6.70. The van der Waals surface area contributed by atoms with Gasteiger partial charge >= 0.3 is 57.5 Å². The van der Waals surface area contributed by atoms with E-state index in [2.05, 4.69) is 41.0 Å². The first-order valence-corrected chi connectivity index (χ1v) is 5.70. The largest absolute Gasteiger partial charge is 1.00 e. The molecule has 0 heterocycles. The molecule has 0 aliphatic rings. The Morgan fingerprint density at radius 3 is 2.17 bits per heavy atom. The van der Waals surface area contributed by atoms with Crippen LogP contribution in [-0.2, 0) is 22.2 Å². The van der Waals surface area contributed by atoms with Gasteiger partial charge in [0.1, 0.15) is 11.6 Å². The molecule has 0 fully saturated rings. The molecule has 1 atom stereocenters. The topological polar surface area (TPSA) is 79.5 Å². The van der Waals surface area contributed by atoms with Gasteiger partial charge in [0.15, 0.2) is 0 Å². The Morgan fingerprint density at radius 2 is 1.78 bits per heavy atom. The normalized spacial score (nSPS) is 11.6. The zero-order valence-corrected chi connectivity index (χ0v) is 15.9. The summed E-state index contributed by atoms with van der Waals surface area (Å²) in [5.41, 5.74) is 3.94. The van der Waals surface area contributed by atoms with E-state index in [1.807, 2.05) is 0 Å². The van der Waals surface area contributed by atoms with E-state index in [0.29, 0.717) is 0 Å². The molecule has 0 radical (unpaired) electrons. The zero-order valence-electron chi connectivity index (χ0n) is 11.1. The summed E-state index contributed by atoms with van der Waals surface area (Å²) in [7, 11) is 0. The van der Waals surface area contributed by atoms with Gasteiger partial charge in [0.2, 0.25) is 0 Å². The van der Waals surface area contributed by atoms with Crippen LogP contribution in [0.4, 0.5) is 4.79 Å². The number of hydrogen-bond acceptors (Lipinski definition) is 5. The van der Waals surface area contributed by atoms with Gasteiger partial charge in [0, 0.05) is 0 Å². The van der Waals surface area contributed by atoms with E-state index >= 15 is 0 Å². The molecule has 0 aliphatic carbocycles. The maximum absolute atomic E-state index is 11.4. The second-order valence-corrected chi connectivity index (χ2v) is 5.34. The smallest absolute Gasteiger partial charge is 0.444 e. The Balaban J connectivity index is 0. The maximum atomic E-state index is 11.4. The van der Waals surface area contributed by atoms with Crippen molar-refractivity contribution in [2.45, 2.75) is 39.3 Å². The number of hydrazine groups is 1. The molecule has 0 rings (SSSR count). The fraction of sp³-hybridized carbons (Fsp3) is 0.667. The fourth-order valence-corrected chi connectivity index (χ4v) is 0.873. The molecule has 1 unspecified atom stereocenters. The van der Waals surface area contributed by atoms with Crippen molar-refractivity contribution < 1.29 is 65.7 Å². The molecule has 0 aliphatic heterocycles. The van der Waals surface area contributed by atoms with Crippen LogP contribution in [0.25, 0.3) is 0 Å². The minimum absolute atomic E-state index is 0. The van der Waals surface area contributed by atoms with Gasteiger partial charge in [-0.15, -0.1) is 0 Å². The van der Waals surface area contributed by atoms with Gasteiger partial charge in [-0.05, 0) is 32.0 Å². The first kappa shape index (κ1) is 20.8. The number of rotatable bonds is 2. The van der Waals surface area contributed by atoms with Crippen LogP contribution in [0.2, 0.25) is 0 Å². The van der Waals surface area contributed by atoms with Gasteiger partial charge in [-0.25, -0.2) is 4.79 Å². The Labute approximate surface area is 160 Å². The van der Waals surface area contributed by atoms with Crippen molar-refractivity contribution in [3.8, 4) is 0 Å². The van der Waals surface area contributed by atoms with Gasteiger partial charge in [-0.3, -0.25) is 10.2 Å². The van der Waals surface area contributed by atoms with Crippen LogP contribution >= 0.6 is 12.2 Å². The molecule has 0 aromatic rings. The molecule has 0 bridgehead atoms. The molecule has 0 saturated heterocycles. The Hall–Kier alpha value is 0.486. The third kappa shape index (κ3) is 11.6. The van der Waals surface area contributed by atoms with Crippen molar-refractivity contribution >= 4 is 41.2 Å². The van der Waals surface area contributed by atoms with Gasteiger partial charge in [0.05, 0.1) is 0 Å². The van der Waals surface area contributed by atoms with E-state index in [0.717, 1.165) is 0 Å². The number of nitrogens with one attached hydrogen (secondary N) is 3. The molecule has 0 spiro atoms. The summed E-state index contributed by atoms with van der Waals surface area (Å²) in [5.74, 6) is -0.469. The van der Waals surface area contributed by atoms with Crippen LogP contribution in [0.15, 0.2) is 0 Å². The average Bonchev–Trinajstić information content (AvgIpc) is 2.10. The van der Waals surface area contributed by atoms with Crippen LogP contribution in [-0.4, -0.2) is 28.0 Å². The quantitative estimate of drug-likeness (QED) is 0.224. The van der Waals surface area contributed by atoms with Crippen molar-refractivity contribution in [3.63, 3.8) is 0 Å². The van der Waals surface area contributed by atoms with Crippen molar-refractivity contribution in [3.05, 3.63) is 0 Å². The number of ether oxygens (including phenoxy) is 1. The average molecular weight is 317 g/mol. The number of amides is 2.